The summed E-state index contributed by atoms with van der Waals surface area (Å²) >= 11 is 0. The summed E-state index contributed by atoms with van der Waals surface area (Å²) in [6.07, 6.45) is -1.74. The Balaban J connectivity index is 1.57. The molecule has 0 bridgehead atoms. The molecule has 9 nitrogen and oxygen atoms in total. The van der Waals surface area contributed by atoms with E-state index in [2.05, 4.69) is 11.4 Å². The van der Waals surface area contributed by atoms with E-state index in [0.717, 1.165) is 11.1 Å². The molecule has 2 aromatic carbocycles. The molecule has 4 unspecified atom stereocenters. The maximum absolute atomic E-state index is 13.0. The minimum Gasteiger partial charge on any atom is -0.462 e. The van der Waals surface area contributed by atoms with E-state index in [4.69, 9.17) is 18.6 Å². The van der Waals surface area contributed by atoms with Crippen molar-refractivity contribution in [3.05, 3.63) is 80.7 Å². The topological polar surface area (TPSA) is 127 Å². The number of rotatable bonds is 7. The Morgan fingerprint density at radius 1 is 1.10 bits per heavy atom. The Morgan fingerprint density at radius 3 is 2.50 bits per heavy atom. The van der Waals surface area contributed by atoms with E-state index in [-0.39, 0.29) is 11.3 Å². The van der Waals surface area contributed by atoms with Crippen LogP contribution in [0.25, 0.3) is 11.0 Å². The molecule has 1 saturated heterocycles. The molecule has 1 aliphatic rings. The molecule has 1 fully saturated rings. The van der Waals surface area contributed by atoms with Gasteiger partial charge in [0.05, 0.1) is 5.60 Å². The van der Waals surface area contributed by atoms with Crippen molar-refractivity contribution in [2.24, 2.45) is 0 Å². The van der Waals surface area contributed by atoms with Crippen LogP contribution in [0.15, 0.2) is 57.3 Å². The first-order valence-electron chi connectivity index (χ1n) is 13.2. The summed E-state index contributed by atoms with van der Waals surface area (Å²) in [6, 6.07) is 10.3. The fraction of sp³-hybridized carbons (Fsp3) is 0.419. The fourth-order valence-corrected chi connectivity index (χ4v) is 4.89. The summed E-state index contributed by atoms with van der Waals surface area (Å²) < 4.78 is 22.7. The van der Waals surface area contributed by atoms with Crippen molar-refractivity contribution in [2.45, 2.75) is 78.2 Å². The van der Waals surface area contributed by atoms with Gasteiger partial charge in [-0.15, -0.1) is 0 Å². The highest BCUT2D eigenvalue weighted by Crippen LogP contribution is 2.35. The molecule has 4 atom stereocenters. The molecule has 40 heavy (non-hydrogen) atoms. The zero-order valence-corrected chi connectivity index (χ0v) is 23.9. The summed E-state index contributed by atoms with van der Waals surface area (Å²) in [5.41, 5.74) is 2.85. The number of ether oxygens (including phenoxy) is 3. The lowest BCUT2D eigenvalue weighted by molar-refractivity contribution is -0.306. The molecule has 9 heteroatoms. The second kappa shape index (κ2) is 11.5. The van der Waals surface area contributed by atoms with E-state index in [0.29, 0.717) is 28.7 Å². The number of allylic oxidation sites excluding steroid dienone is 2. The number of methoxy groups -OCH3 is 1. The second-order valence-corrected chi connectivity index (χ2v) is 11.0. The third-order valence-electron chi connectivity index (χ3n) is 7.23. The molecule has 4 rings (SSSR count). The quantitative estimate of drug-likeness (QED) is 0.291. The van der Waals surface area contributed by atoms with Crippen LogP contribution in [0.1, 0.15) is 54.7 Å². The highest BCUT2D eigenvalue weighted by atomic mass is 16.7. The summed E-state index contributed by atoms with van der Waals surface area (Å²) in [7, 11) is 1.43. The van der Waals surface area contributed by atoms with Gasteiger partial charge >= 0.3 is 5.63 Å². The molecule has 3 N–H and O–H groups in total. The Labute approximate surface area is 233 Å². The van der Waals surface area contributed by atoms with E-state index in [1.165, 1.54) is 12.7 Å². The van der Waals surface area contributed by atoms with E-state index in [1.807, 2.05) is 32.9 Å². The number of carbonyl (C=O) groups is 1. The number of fused-ring (bicyclic) bond motifs is 1. The average molecular weight is 552 g/mol. The van der Waals surface area contributed by atoms with Crippen LogP contribution in [-0.2, 0) is 15.9 Å². The molecular formula is C31H37NO8. The van der Waals surface area contributed by atoms with Crippen LogP contribution in [0.5, 0.6) is 5.75 Å². The Morgan fingerprint density at radius 2 is 1.82 bits per heavy atom. The zero-order valence-electron chi connectivity index (χ0n) is 23.9. The second-order valence-electron chi connectivity index (χ2n) is 11.0. The third kappa shape index (κ3) is 5.97. The number of aliphatic hydroxyl groups is 2. The van der Waals surface area contributed by atoms with Crippen LogP contribution in [0.3, 0.4) is 0 Å². The van der Waals surface area contributed by atoms with Crippen LogP contribution in [0.2, 0.25) is 0 Å². The van der Waals surface area contributed by atoms with Crippen LogP contribution in [0, 0.1) is 13.8 Å². The van der Waals surface area contributed by atoms with Crippen molar-refractivity contribution < 1.29 is 33.6 Å². The summed E-state index contributed by atoms with van der Waals surface area (Å²) in [5.74, 6) is -0.111. The third-order valence-corrected chi connectivity index (χ3v) is 7.23. The number of amides is 1. The molecule has 214 valence electrons. The van der Waals surface area contributed by atoms with Crippen molar-refractivity contribution in [3.8, 4) is 5.75 Å². The van der Waals surface area contributed by atoms with E-state index < -0.39 is 41.7 Å². The first-order chi connectivity index (χ1) is 18.8. The fourth-order valence-electron chi connectivity index (χ4n) is 4.89. The highest BCUT2D eigenvalue weighted by Gasteiger charge is 2.50. The van der Waals surface area contributed by atoms with Gasteiger partial charge in [-0.25, -0.2) is 4.79 Å². The van der Waals surface area contributed by atoms with Gasteiger partial charge in [0, 0.05) is 23.6 Å². The van der Waals surface area contributed by atoms with Gasteiger partial charge in [0.15, 0.2) is 0 Å². The van der Waals surface area contributed by atoms with Gasteiger partial charge < -0.3 is 34.2 Å². The van der Waals surface area contributed by atoms with Crippen LogP contribution < -0.4 is 15.7 Å². The number of hydrogen-bond donors (Lipinski definition) is 3. The lowest BCUT2D eigenvalue weighted by atomic mass is 9.89. The van der Waals surface area contributed by atoms with Crippen molar-refractivity contribution in [2.75, 3.05) is 12.4 Å². The van der Waals surface area contributed by atoms with Crippen molar-refractivity contribution >= 4 is 22.6 Å². The number of nitrogens with one attached hydrogen (secondary N) is 1. The Kier molecular flexibility index (Phi) is 8.51. The molecule has 3 aromatic rings. The lowest BCUT2D eigenvalue weighted by Gasteiger charge is -2.46. The molecule has 0 radical (unpaired) electrons. The maximum atomic E-state index is 13.0. The standard InChI is InChI=1S/C31H37NO8/c1-16(2)8-10-19-14-21(11-9-17(19)3)28(35)32-22-15-20-12-13-23(18(4)26(20)39-29(22)36)38-30-25(34)24(33)27(37-7)31(5,6)40-30/h8-9,11-15,24-25,27,30,33-34H,10H2,1-7H3,(H,32,35). The van der Waals surface area contributed by atoms with Crippen molar-refractivity contribution in [3.63, 3.8) is 0 Å². The maximum Gasteiger partial charge on any atom is 0.360 e. The van der Waals surface area contributed by atoms with Gasteiger partial charge in [-0.2, -0.15) is 0 Å². The van der Waals surface area contributed by atoms with Crippen LogP contribution in [0.4, 0.5) is 5.69 Å². The van der Waals surface area contributed by atoms with E-state index in [1.54, 1.807) is 45.0 Å². The van der Waals surface area contributed by atoms with E-state index in [9.17, 15) is 19.8 Å². The predicted octanol–water partition coefficient (Wildman–Crippen LogP) is 4.42. The molecule has 1 amide bonds. The molecule has 0 aliphatic carbocycles. The first-order valence-corrected chi connectivity index (χ1v) is 13.2. The number of carbonyl (C=O) groups excluding carboxylic acids is 1. The Hall–Kier alpha value is -3.50. The van der Waals surface area contributed by atoms with Gasteiger partial charge in [0.1, 0.15) is 35.3 Å². The molecule has 0 saturated carbocycles. The largest absolute Gasteiger partial charge is 0.462 e. The SMILES string of the molecule is COC1C(O)C(O)C(Oc2ccc3cc(NC(=O)c4ccc(C)c(CC=C(C)C)c4)c(=O)oc3c2C)OC1(C)C. The number of hydrogen-bond acceptors (Lipinski definition) is 8. The summed E-state index contributed by atoms with van der Waals surface area (Å²) in [6.45, 7) is 11.2. The molecule has 1 aromatic heterocycles. The molecule has 1 aliphatic heterocycles. The zero-order chi connectivity index (χ0) is 29.4. The molecular weight excluding hydrogens is 514 g/mol. The van der Waals surface area contributed by atoms with Gasteiger partial charge in [-0.05, 0) is 89.4 Å². The first kappa shape index (κ1) is 29.5. The van der Waals surface area contributed by atoms with Crippen LogP contribution >= 0.6 is 0 Å². The molecule has 2 heterocycles. The number of aryl methyl sites for hydroxylation is 2. The Bertz CT molecular complexity index is 1500. The van der Waals surface area contributed by atoms with E-state index >= 15 is 0 Å². The number of benzene rings is 2. The van der Waals surface area contributed by atoms with Gasteiger partial charge in [-0.3, -0.25) is 4.79 Å². The lowest BCUT2D eigenvalue weighted by Crippen LogP contribution is -2.63. The normalized spacial score (nSPS) is 22.1. The van der Waals surface area contributed by atoms with Crippen molar-refractivity contribution in [1.29, 1.82) is 0 Å². The highest BCUT2D eigenvalue weighted by molar-refractivity contribution is 6.05. The van der Waals surface area contributed by atoms with Gasteiger partial charge in [0.2, 0.25) is 6.29 Å². The summed E-state index contributed by atoms with van der Waals surface area (Å²) in [5, 5.41) is 24.4. The minimum atomic E-state index is -1.37. The van der Waals surface area contributed by atoms with Crippen molar-refractivity contribution in [1.82, 2.24) is 0 Å². The minimum absolute atomic E-state index is 0.0125. The average Bonchev–Trinajstić information content (AvgIpc) is 2.89. The summed E-state index contributed by atoms with van der Waals surface area (Å²) in [4.78, 5) is 25.9. The molecule has 0 spiro atoms. The van der Waals surface area contributed by atoms with Gasteiger partial charge in [0.25, 0.3) is 5.91 Å². The predicted molar refractivity (Wildman–Crippen MR) is 152 cm³/mol. The van der Waals surface area contributed by atoms with Crippen LogP contribution in [-0.4, -0.2) is 53.4 Å². The van der Waals surface area contributed by atoms with Gasteiger partial charge in [-0.1, -0.05) is 17.7 Å². The monoisotopic (exact) mass is 551 g/mol. The number of anilines is 1. The number of aliphatic hydroxyl groups excluding tert-OH is 2. The smallest absolute Gasteiger partial charge is 0.360 e.